The van der Waals surface area contributed by atoms with Gasteiger partial charge >= 0.3 is 13.1 Å². The van der Waals surface area contributed by atoms with Gasteiger partial charge in [-0.15, -0.1) is 0 Å². The summed E-state index contributed by atoms with van der Waals surface area (Å²) in [5, 5.41) is 25.9. The lowest BCUT2D eigenvalue weighted by Gasteiger charge is -2.30. The van der Waals surface area contributed by atoms with E-state index in [9.17, 15) is 19.7 Å². The lowest BCUT2D eigenvalue weighted by molar-refractivity contribution is -0.849. The van der Waals surface area contributed by atoms with Crippen molar-refractivity contribution in [3.05, 3.63) is 41.1 Å². The van der Waals surface area contributed by atoms with Gasteiger partial charge in [0.25, 0.3) is 0 Å². The first kappa shape index (κ1) is 21.9. The van der Waals surface area contributed by atoms with E-state index in [-0.39, 0.29) is 17.2 Å². The van der Waals surface area contributed by atoms with Crippen LogP contribution < -0.4 is 20.2 Å². The van der Waals surface area contributed by atoms with Crippen LogP contribution in [0.2, 0.25) is 0 Å². The topological polar surface area (TPSA) is 112 Å². The molecule has 1 aromatic rings. The molecule has 9 heteroatoms. The molecule has 1 aromatic carbocycles. The van der Waals surface area contributed by atoms with Gasteiger partial charge in [0, 0.05) is 19.5 Å². The quantitative estimate of drug-likeness (QED) is 0.415. The maximum atomic E-state index is 12.6. The second-order valence-electron chi connectivity index (χ2n) is 8.84. The second-order valence-corrected chi connectivity index (χ2v) is 8.84. The van der Waals surface area contributed by atoms with Crippen LogP contribution in [0.3, 0.4) is 0 Å². The molecule has 1 amide bonds. The number of carbonyl (C=O) groups excluding carboxylic acids is 1. The highest BCUT2D eigenvalue weighted by Crippen LogP contribution is 2.31. The predicted octanol–water partition coefficient (Wildman–Crippen LogP) is -0.223. The zero-order chi connectivity index (χ0) is 21.8. The van der Waals surface area contributed by atoms with Crippen LogP contribution in [-0.4, -0.2) is 61.2 Å². The van der Waals surface area contributed by atoms with Crippen molar-refractivity contribution < 1.29 is 29.3 Å². The molecule has 5 N–H and O–H groups in total. The summed E-state index contributed by atoms with van der Waals surface area (Å²) >= 11 is 0. The number of fused-ring (bicyclic) bond motifs is 1. The minimum atomic E-state index is -1.26. The number of aromatic carboxylic acids is 1. The van der Waals surface area contributed by atoms with Crippen molar-refractivity contribution >= 4 is 19.0 Å². The predicted molar refractivity (Wildman–Crippen MR) is 116 cm³/mol. The molecule has 0 radical (unpaired) electrons. The number of carbonyl (C=O) groups is 2. The van der Waals surface area contributed by atoms with Crippen LogP contribution >= 0.6 is 0 Å². The first-order valence-corrected chi connectivity index (χ1v) is 11.2. The maximum absolute atomic E-state index is 12.6. The number of benzene rings is 1. The molecule has 1 atom stereocenters. The van der Waals surface area contributed by atoms with E-state index < -0.39 is 19.0 Å². The molecule has 0 bridgehead atoms. The molecule has 1 saturated heterocycles. The highest BCUT2D eigenvalue weighted by molar-refractivity contribution is 6.47. The first-order valence-electron chi connectivity index (χ1n) is 11.2. The van der Waals surface area contributed by atoms with Crippen LogP contribution in [0, 0.1) is 5.92 Å². The molecule has 3 aliphatic rings. The largest absolute Gasteiger partial charge is 0.547 e. The molecule has 0 aromatic heterocycles. The number of rotatable bonds is 5. The summed E-state index contributed by atoms with van der Waals surface area (Å²) in [5.41, 5.74) is 2.21. The lowest BCUT2D eigenvalue weighted by atomic mass is 9.72. The smallest absolute Gasteiger partial charge is 0.534 e. The van der Waals surface area contributed by atoms with E-state index in [2.05, 4.69) is 16.8 Å². The van der Waals surface area contributed by atoms with Crippen LogP contribution in [0.5, 0.6) is 5.75 Å². The SMILES string of the molecule is O=C(CC1CCC(=C[NH+]2CCNCC2)CC1)NC1Cc2cccc(C(=O)O)c2OB1O. The average Bonchev–Trinajstić information content (AvgIpc) is 2.76. The maximum Gasteiger partial charge on any atom is 0.547 e. The standard InChI is InChI=1S/C22H30BN3O5/c27-20(12-15-4-6-16(7-5-15)14-26-10-8-24-9-11-26)25-19-13-17-2-1-3-18(22(28)29)21(17)31-23(19)30/h1-3,14-15,19,24,30H,4-13H2,(H,25,27)(H,28,29)/p+1. The van der Waals surface area contributed by atoms with E-state index in [0.717, 1.165) is 51.9 Å². The van der Waals surface area contributed by atoms with Crippen molar-refractivity contribution in [1.29, 1.82) is 0 Å². The summed E-state index contributed by atoms with van der Waals surface area (Å²) in [6, 6.07) is 4.86. The van der Waals surface area contributed by atoms with E-state index >= 15 is 0 Å². The molecule has 2 aliphatic heterocycles. The van der Waals surface area contributed by atoms with Crippen molar-refractivity contribution in [3.8, 4) is 5.75 Å². The molecular formula is C22H31BN3O5+. The Hall–Kier alpha value is -2.36. The van der Waals surface area contributed by atoms with E-state index in [1.54, 1.807) is 17.0 Å². The molecule has 4 rings (SSSR count). The van der Waals surface area contributed by atoms with Gasteiger partial charge in [-0.05, 0) is 55.2 Å². The minimum absolute atomic E-state index is 0.0232. The van der Waals surface area contributed by atoms with Gasteiger partial charge in [-0.1, -0.05) is 12.1 Å². The Labute approximate surface area is 182 Å². The highest BCUT2D eigenvalue weighted by atomic mass is 16.5. The number of para-hydroxylation sites is 1. The molecule has 1 unspecified atom stereocenters. The summed E-state index contributed by atoms with van der Waals surface area (Å²) < 4.78 is 5.46. The van der Waals surface area contributed by atoms with E-state index in [0.29, 0.717) is 24.3 Å². The van der Waals surface area contributed by atoms with Gasteiger partial charge in [-0.3, -0.25) is 4.79 Å². The number of quaternary nitrogens is 1. The van der Waals surface area contributed by atoms with Gasteiger partial charge in [0.15, 0.2) is 0 Å². The fourth-order valence-electron chi connectivity index (χ4n) is 4.82. The van der Waals surface area contributed by atoms with Gasteiger partial charge in [0.1, 0.15) is 5.75 Å². The van der Waals surface area contributed by atoms with Gasteiger partial charge < -0.3 is 30.3 Å². The molecule has 31 heavy (non-hydrogen) atoms. The zero-order valence-electron chi connectivity index (χ0n) is 17.7. The summed E-state index contributed by atoms with van der Waals surface area (Å²) in [5.74, 6) is -1.24. The summed E-state index contributed by atoms with van der Waals surface area (Å²) in [4.78, 5) is 25.5. The van der Waals surface area contributed by atoms with E-state index in [1.807, 2.05) is 0 Å². The molecule has 8 nitrogen and oxygen atoms in total. The highest BCUT2D eigenvalue weighted by Gasteiger charge is 2.38. The number of nitrogens with one attached hydrogen (secondary N) is 3. The second kappa shape index (κ2) is 9.85. The molecular weight excluding hydrogens is 397 g/mol. The van der Waals surface area contributed by atoms with Gasteiger partial charge in [0.05, 0.1) is 30.8 Å². The fraction of sp³-hybridized carbons (Fsp3) is 0.545. The first-order chi connectivity index (χ1) is 15.0. The van der Waals surface area contributed by atoms with Crippen LogP contribution in [-0.2, 0) is 11.2 Å². The van der Waals surface area contributed by atoms with Crippen LogP contribution in [0.1, 0.15) is 48.0 Å². The summed E-state index contributed by atoms with van der Waals surface area (Å²) in [7, 11) is -1.26. The number of piperazine rings is 1. The van der Waals surface area contributed by atoms with Crippen molar-refractivity contribution in [2.75, 3.05) is 26.2 Å². The minimum Gasteiger partial charge on any atom is -0.534 e. The van der Waals surface area contributed by atoms with Crippen molar-refractivity contribution in [2.45, 2.75) is 44.5 Å². The number of hydrogen-bond acceptors (Lipinski definition) is 5. The monoisotopic (exact) mass is 428 g/mol. The van der Waals surface area contributed by atoms with Gasteiger partial charge in [-0.2, -0.15) is 0 Å². The average molecular weight is 428 g/mol. The molecule has 1 saturated carbocycles. The number of carboxylic acids is 1. The normalized spacial score (nSPS) is 24.2. The number of carboxylic acid groups (broad SMARTS) is 1. The Kier molecular flexibility index (Phi) is 6.94. The van der Waals surface area contributed by atoms with Crippen LogP contribution in [0.15, 0.2) is 30.0 Å². The summed E-state index contributed by atoms with van der Waals surface area (Å²) in [6.45, 7) is 4.41. The molecule has 2 fully saturated rings. The Morgan fingerprint density at radius 2 is 2.00 bits per heavy atom. The van der Waals surface area contributed by atoms with E-state index in [1.165, 1.54) is 11.6 Å². The molecule has 0 spiro atoms. The van der Waals surface area contributed by atoms with Gasteiger partial charge in [-0.25, -0.2) is 4.79 Å². The Balaban J connectivity index is 1.27. The Morgan fingerprint density at radius 1 is 1.26 bits per heavy atom. The Morgan fingerprint density at radius 3 is 2.71 bits per heavy atom. The fourth-order valence-corrected chi connectivity index (χ4v) is 4.82. The third-order valence-electron chi connectivity index (χ3n) is 6.57. The molecule has 2 heterocycles. The van der Waals surface area contributed by atoms with Crippen molar-refractivity contribution in [1.82, 2.24) is 10.6 Å². The third kappa shape index (κ3) is 5.47. The van der Waals surface area contributed by atoms with E-state index in [4.69, 9.17) is 4.65 Å². The van der Waals surface area contributed by atoms with Crippen LogP contribution in [0.4, 0.5) is 0 Å². The number of allylic oxidation sites excluding steroid dienone is 1. The molecule has 166 valence electrons. The van der Waals surface area contributed by atoms with Crippen molar-refractivity contribution in [3.63, 3.8) is 0 Å². The van der Waals surface area contributed by atoms with Gasteiger partial charge in [0.2, 0.25) is 5.91 Å². The van der Waals surface area contributed by atoms with Crippen molar-refractivity contribution in [2.24, 2.45) is 5.92 Å². The van der Waals surface area contributed by atoms with Crippen LogP contribution in [0.25, 0.3) is 0 Å². The Bertz CT molecular complexity index is 846. The summed E-state index contributed by atoms with van der Waals surface area (Å²) in [6.07, 6.45) is 7.31. The lowest BCUT2D eigenvalue weighted by Crippen LogP contribution is -3.10. The molecule has 1 aliphatic carbocycles. The number of amides is 1. The third-order valence-corrected chi connectivity index (χ3v) is 6.57. The zero-order valence-corrected chi connectivity index (χ0v) is 17.7. The number of hydrogen-bond donors (Lipinski definition) is 5.